The van der Waals surface area contributed by atoms with Gasteiger partial charge in [0.05, 0.1) is 4.70 Å². The summed E-state index contributed by atoms with van der Waals surface area (Å²) in [7, 11) is 0. The number of anilines is 1. The predicted octanol–water partition coefficient (Wildman–Crippen LogP) is 3.56. The summed E-state index contributed by atoms with van der Waals surface area (Å²) in [5.41, 5.74) is 4.40. The van der Waals surface area contributed by atoms with Crippen molar-refractivity contribution in [2.45, 2.75) is 13.8 Å². The van der Waals surface area contributed by atoms with Crippen molar-refractivity contribution in [3.63, 3.8) is 0 Å². The first-order valence-electron chi connectivity index (χ1n) is 6.23. The number of hydrogen-bond acceptors (Lipinski definition) is 4. The van der Waals surface area contributed by atoms with E-state index >= 15 is 0 Å². The minimum absolute atomic E-state index is 0.134. The number of carbonyl (C=O) groups excluding carboxylic acids is 1. The molecule has 3 rings (SSSR count). The molecule has 0 bridgehead atoms. The van der Waals surface area contributed by atoms with Gasteiger partial charge >= 0.3 is 0 Å². The van der Waals surface area contributed by atoms with Crippen LogP contribution in [0.3, 0.4) is 0 Å². The van der Waals surface area contributed by atoms with Crippen molar-refractivity contribution in [1.82, 2.24) is 9.59 Å². The van der Waals surface area contributed by atoms with E-state index in [0.29, 0.717) is 5.56 Å². The summed E-state index contributed by atoms with van der Waals surface area (Å²) in [5.74, 6) is -0.134. The third-order valence-corrected chi connectivity index (χ3v) is 3.69. The van der Waals surface area contributed by atoms with Crippen molar-refractivity contribution in [2.24, 2.45) is 0 Å². The van der Waals surface area contributed by atoms with Crippen LogP contribution < -0.4 is 5.32 Å². The molecule has 1 aromatic heterocycles. The molecule has 0 radical (unpaired) electrons. The molecule has 0 aliphatic carbocycles. The van der Waals surface area contributed by atoms with Gasteiger partial charge in [-0.1, -0.05) is 10.6 Å². The Hall–Kier alpha value is -2.27. The van der Waals surface area contributed by atoms with Crippen LogP contribution in [-0.4, -0.2) is 15.5 Å². The number of nitrogens with one attached hydrogen (secondary N) is 1. The summed E-state index contributed by atoms with van der Waals surface area (Å²) in [5, 5.41) is 6.90. The quantitative estimate of drug-likeness (QED) is 0.782. The molecule has 0 atom stereocenters. The molecular formula is C15H13N3OS. The van der Waals surface area contributed by atoms with Gasteiger partial charge in [-0.15, -0.1) is 5.10 Å². The molecule has 2 aromatic carbocycles. The fourth-order valence-corrected chi connectivity index (χ4v) is 2.71. The Bertz CT molecular complexity index is 774. The highest BCUT2D eigenvalue weighted by atomic mass is 32.1. The Labute approximate surface area is 120 Å². The molecule has 0 aliphatic heterocycles. The molecule has 1 heterocycles. The van der Waals surface area contributed by atoms with Gasteiger partial charge in [-0.25, -0.2) is 0 Å². The van der Waals surface area contributed by atoms with Gasteiger partial charge in [0, 0.05) is 11.3 Å². The van der Waals surface area contributed by atoms with Crippen LogP contribution in [0.1, 0.15) is 21.5 Å². The van der Waals surface area contributed by atoms with Gasteiger partial charge in [-0.05, 0) is 66.8 Å². The lowest BCUT2D eigenvalue weighted by molar-refractivity contribution is 0.102. The van der Waals surface area contributed by atoms with Crippen LogP contribution in [0.15, 0.2) is 36.4 Å². The zero-order valence-electron chi connectivity index (χ0n) is 11.2. The third-order valence-electron chi connectivity index (χ3n) is 2.99. The van der Waals surface area contributed by atoms with Crippen molar-refractivity contribution >= 4 is 33.3 Å². The summed E-state index contributed by atoms with van der Waals surface area (Å²) in [6.45, 7) is 4.02. The molecule has 0 saturated carbocycles. The molecule has 1 amide bonds. The number of rotatable bonds is 2. The van der Waals surface area contributed by atoms with Crippen LogP contribution >= 0.6 is 11.5 Å². The first-order valence-corrected chi connectivity index (χ1v) is 7.01. The van der Waals surface area contributed by atoms with E-state index in [2.05, 4.69) is 21.0 Å². The topological polar surface area (TPSA) is 54.9 Å². The molecule has 0 spiro atoms. The van der Waals surface area contributed by atoms with E-state index in [4.69, 9.17) is 0 Å². The van der Waals surface area contributed by atoms with Crippen LogP contribution in [0, 0.1) is 13.8 Å². The van der Waals surface area contributed by atoms with Crippen molar-refractivity contribution in [3.8, 4) is 0 Å². The second kappa shape index (κ2) is 5.02. The fourth-order valence-electron chi connectivity index (χ4n) is 2.17. The summed E-state index contributed by atoms with van der Waals surface area (Å²) < 4.78 is 4.85. The summed E-state index contributed by atoms with van der Waals surface area (Å²) in [6.07, 6.45) is 0. The summed E-state index contributed by atoms with van der Waals surface area (Å²) in [6, 6.07) is 11.4. The number of hydrogen-bond donors (Lipinski definition) is 1. The van der Waals surface area contributed by atoms with Gasteiger partial charge < -0.3 is 5.32 Å². The predicted molar refractivity (Wildman–Crippen MR) is 81.3 cm³/mol. The Kier molecular flexibility index (Phi) is 3.20. The SMILES string of the molecule is Cc1cc(C)cc(NC(=O)c2ccc3snnc3c2)c1. The van der Waals surface area contributed by atoms with Gasteiger partial charge in [-0.3, -0.25) is 4.79 Å². The molecule has 3 aromatic rings. The molecule has 1 N–H and O–H groups in total. The summed E-state index contributed by atoms with van der Waals surface area (Å²) >= 11 is 1.32. The Balaban J connectivity index is 1.88. The lowest BCUT2D eigenvalue weighted by Gasteiger charge is -2.07. The second-order valence-electron chi connectivity index (χ2n) is 4.79. The Morgan fingerprint density at radius 3 is 2.60 bits per heavy atom. The lowest BCUT2D eigenvalue weighted by Crippen LogP contribution is -2.12. The molecule has 20 heavy (non-hydrogen) atoms. The van der Waals surface area contributed by atoms with Crippen LogP contribution in [0.25, 0.3) is 10.2 Å². The molecular weight excluding hydrogens is 270 g/mol. The number of amides is 1. The molecule has 5 heteroatoms. The number of fused-ring (bicyclic) bond motifs is 1. The smallest absolute Gasteiger partial charge is 0.255 e. The maximum atomic E-state index is 12.2. The van der Waals surface area contributed by atoms with E-state index < -0.39 is 0 Å². The van der Waals surface area contributed by atoms with Gasteiger partial charge in [-0.2, -0.15) is 0 Å². The van der Waals surface area contributed by atoms with Crippen LogP contribution in [0.2, 0.25) is 0 Å². The van der Waals surface area contributed by atoms with E-state index in [1.54, 1.807) is 12.1 Å². The first-order chi connectivity index (χ1) is 9.61. The maximum Gasteiger partial charge on any atom is 0.255 e. The number of aromatic nitrogens is 2. The molecule has 0 aliphatic rings. The van der Waals surface area contributed by atoms with E-state index in [1.165, 1.54) is 11.5 Å². The Morgan fingerprint density at radius 2 is 1.85 bits per heavy atom. The normalized spacial score (nSPS) is 10.7. The highest BCUT2D eigenvalue weighted by Gasteiger charge is 2.09. The van der Waals surface area contributed by atoms with Gasteiger partial charge in [0.1, 0.15) is 5.52 Å². The Morgan fingerprint density at radius 1 is 1.10 bits per heavy atom. The number of carbonyl (C=O) groups is 1. The van der Waals surface area contributed by atoms with Gasteiger partial charge in [0.15, 0.2) is 0 Å². The van der Waals surface area contributed by atoms with E-state index in [9.17, 15) is 4.79 Å². The molecule has 0 saturated heterocycles. The molecule has 100 valence electrons. The number of benzene rings is 2. The second-order valence-corrected chi connectivity index (χ2v) is 5.57. The van der Waals surface area contributed by atoms with E-state index in [0.717, 1.165) is 27.0 Å². The van der Waals surface area contributed by atoms with E-state index in [-0.39, 0.29) is 5.91 Å². The highest BCUT2D eigenvalue weighted by Crippen LogP contribution is 2.19. The van der Waals surface area contributed by atoms with Crippen molar-refractivity contribution in [3.05, 3.63) is 53.1 Å². The minimum atomic E-state index is -0.134. The standard InChI is InChI=1S/C15H13N3OS/c1-9-5-10(2)7-12(6-9)16-15(19)11-3-4-14-13(8-11)17-18-20-14/h3-8H,1-2H3,(H,16,19). The van der Waals surface area contributed by atoms with Crippen LogP contribution in [0.5, 0.6) is 0 Å². The largest absolute Gasteiger partial charge is 0.322 e. The minimum Gasteiger partial charge on any atom is -0.322 e. The monoisotopic (exact) mass is 283 g/mol. The molecule has 4 nitrogen and oxygen atoms in total. The molecule has 0 unspecified atom stereocenters. The third kappa shape index (κ3) is 2.53. The molecule has 0 fully saturated rings. The maximum absolute atomic E-state index is 12.2. The highest BCUT2D eigenvalue weighted by molar-refractivity contribution is 7.12. The average molecular weight is 283 g/mol. The summed E-state index contributed by atoms with van der Waals surface area (Å²) in [4.78, 5) is 12.2. The zero-order chi connectivity index (χ0) is 14.1. The van der Waals surface area contributed by atoms with Gasteiger partial charge in [0.25, 0.3) is 5.91 Å². The number of nitrogens with zero attached hydrogens (tertiary/aromatic N) is 2. The van der Waals surface area contributed by atoms with Gasteiger partial charge in [0.2, 0.25) is 0 Å². The first kappa shape index (κ1) is 12.7. The number of aryl methyl sites for hydroxylation is 2. The van der Waals surface area contributed by atoms with Crippen molar-refractivity contribution < 1.29 is 4.79 Å². The van der Waals surface area contributed by atoms with Crippen molar-refractivity contribution in [1.29, 1.82) is 0 Å². The van der Waals surface area contributed by atoms with Crippen molar-refractivity contribution in [2.75, 3.05) is 5.32 Å². The van der Waals surface area contributed by atoms with Crippen LogP contribution in [-0.2, 0) is 0 Å². The van der Waals surface area contributed by atoms with E-state index in [1.807, 2.05) is 32.0 Å². The lowest BCUT2D eigenvalue weighted by atomic mass is 10.1. The zero-order valence-corrected chi connectivity index (χ0v) is 12.0. The fraction of sp³-hybridized carbons (Fsp3) is 0.133. The van der Waals surface area contributed by atoms with Crippen LogP contribution in [0.4, 0.5) is 5.69 Å². The average Bonchev–Trinajstić information content (AvgIpc) is 2.84.